The van der Waals surface area contributed by atoms with Crippen molar-refractivity contribution in [1.82, 2.24) is 10.2 Å². The van der Waals surface area contributed by atoms with Crippen LogP contribution in [0.1, 0.15) is 47.5 Å². The van der Waals surface area contributed by atoms with Crippen LogP contribution in [0.5, 0.6) is 0 Å². The molecule has 0 fully saturated rings. The fourth-order valence-corrected chi connectivity index (χ4v) is 2.13. The van der Waals surface area contributed by atoms with Crippen molar-refractivity contribution in [1.29, 1.82) is 0 Å². The van der Waals surface area contributed by atoms with E-state index in [2.05, 4.69) is 5.32 Å². The Bertz CT molecular complexity index is 314. The highest BCUT2D eigenvalue weighted by atomic mass is 16.4. The van der Waals surface area contributed by atoms with Crippen molar-refractivity contribution >= 4 is 12.0 Å². The fraction of sp³-hybridized carbons (Fsp3) is 0.857. The number of carboxylic acid groups (broad SMARTS) is 1. The summed E-state index contributed by atoms with van der Waals surface area (Å²) in [6.07, 6.45) is 0.477. The summed E-state index contributed by atoms with van der Waals surface area (Å²) in [6, 6.07) is -1.65. The first kappa shape index (κ1) is 18.7. The number of aliphatic hydroxyl groups excluding tert-OH is 1. The van der Waals surface area contributed by atoms with E-state index in [0.717, 1.165) is 12.8 Å². The summed E-state index contributed by atoms with van der Waals surface area (Å²) in [5.74, 6) is -0.946. The van der Waals surface area contributed by atoms with Crippen LogP contribution in [0.15, 0.2) is 0 Å². The van der Waals surface area contributed by atoms with Crippen molar-refractivity contribution in [3.8, 4) is 0 Å². The third kappa shape index (κ3) is 5.77. The quantitative estimate of drug-likeness (QED) is 0.634. The standard InChI is InChI=1S/C14H28N2O4/c1-6-11(7-2)16(8-9(3)4)14(20)15-12(10(5)17)13(18)19/h9-12,17H,6-8H2,1-5H3,(H,15,20)(H,18,19)/t10-,12+/m1/s1. The van der Waals surface area contributed by atoms with Crippen molar-refractivity contribution < 1.29 is 19.8 Å². The Morgan fingerprint density at radius 2 is 1.65 bits per heavy atom. The minimum absolute atomic E-state index is 0.0702. The Balaban J connectivity index is 4.98. The molecule has 6 heteroatoms. The van der Waals surface area contributed by atoms with E-state index in [1.807, 2.05) is 27.7 Å². The Morgan fingerprint density at radius 3 is 1.95 bits per heavy atom. The molecule has 2 amide bonds. The number of rotatable bonds is 8. The zero-order chi connectivity index (χ0) is 15.9. The molecule has 0 aliphatic heterocycles. The second kappa shape index (κ2) is 8.79. The molecule has 0 aromatic heterocycles. The Labute approximate surface area is 121 Å². The molecule has 0 saturated heterocycles. The Hall–Kier alpha value is -1.30. The van der Waals surface area contributed by atoms with Crippen LogP contribution in [-0.4, -0.2) is 51.8 Å². The first-order valence-electron chi connectivity index (χ1n) is 7.22. The summed E-state index contributed by atoms with van der Waals surface area (Å²) in [7, 11) is 0. The number of aliphatic carboxylic acids is 1. The fourth-order valence-electron chi connectivity index (χ4n) is 2.13. The lowest BCUT2D eigenvalue weighted by Gasteiger charge is -2.33. The maximum absolute atomic E-state index is 12.3. The molecule has 0 spiro atoms. The first-order valence-corrected chi connectivity index (χ1v) is 7.22. The van der Waals surface area contributed by atoms with Crippen molar-refractivity contribution in [3.05, 3.63) is 0 Å². The molecule has 0 radical (unpaired) electrons. The lowest BCUT2D eigenvalue weighted by atomic mass is 10.1. The number of carbonyl (C=O) groups excluding carboxylic acids is 1. The van der Waals surface area contributed by atoms with E-state index in [-0.39, 0.29) is 12.0 Å². The summed E-state index contributed by atoms with van der Waals surface area (Å²) >= 11 is 0. The minimum atomic E-state index is -1.29. The topological polar surface area (TPSA) is 89.9 Å². The van der Waals surface area contributed by atoms with Gasteiger partial charge >= 0.3 is 12.0 Å². The van der Waals surface area contributed by atoms with Gasteiger partial charge in [0.25, 0.3) is 0 Å². The molecule has 0 rings (SSSR count). The Morgan fingerprint density at radius 1 is 1.15 bits per heavy atom. The summed E-state index contributed by atoms with van der Waals surface area (Å²) < 4.78 is 0. The summed E-state index contributed by atoms with van der Waals surface area (Å²) in [5.41, 5.74) is 0. The highest BCUT2D eigenvalue weighted by molar-refractivity contribution is 5.83. The maximum atomic E-state index is 12.3. The van der Waals surface area contributed by atoms with Crippen molar-refractivity contribution in [2.24, 2.45) is 5.92 Å². The molecular formula is C14H28N2O4. The van der Waals surface area contributed by atoms with Crippen LogP contribution in [0.25, 0.3) is 0 Å². The summed E-state index contributed by atoms with van der Waals surface area (Å²) in [4.78, 5) is 25.0. The molecule has 0 aromatic carbocycles. The number of nitrogens with zero attached hydrogens (tertiary/aromatic N) is 1. The normalized spacial score (nSPS) is 14.2. The number of nitrogens with one attached hydrogen (secondary N) is 1. The van der Waals surface area contributed by atoms with E-state index in [1.165, 1.54) is 6.92 Å². The van der Waals surface area contributed by atoms with Crippen molar-refractivity contribution in [2.75, 3.05) is 6.54 Å². The Kier molecular flexibility index (Phi) is 8.22. The SMILES string of the molecule is CCC(CC)N(CC(C)C)C(=O)N[C@H](C(=O)O)[C@@H](C)O. The van der Waals surface area contributed by atoms with Crippen LogP contribution in [0.2, 0.25) is 0 Å². The molecule has 0 heterocycles. The predicted octanol–water partition coefficient (Wildman–Crippen LogP) is 1.68. The van der Waals surface area contributed by atoms with Gasteiger partial charge in [0.05, 0.1) is 6.10 Å². The number of amides is 2. The maximum Gasteiger partial charge on any atom is 0.328 e. The number of hydrogen-bond donors (Lipinski definition) is 3. The van der Waals surface area contributed by atoms with Gasteiger partial charge in [-0.15, -0.1) is 0 Å². The minimum Gasteiger partial charge on any atom is -0.480 e. The zero-order valence-corrected chi connectivity index (χ0v) is 13.1. The number of carboxylic acids is 1. The van der Waals surface area contributed by atoms with Crippen LogP contribution in [-0.2, 0) is 4.79 Å². The molecule has 3 N–H and O–H groups in total. The van der Waals surface area contributed by atoms with Gasteiger partial charge in [-0.05, 0) is 25.7 Å². The van der Waals surface area contributed by atoms with E-state index in [1.54, 1.807) is 4.90 Å². The molecule has 20 heavy (non-hydrogen) atoms. The van der Waals surface area contributed by atoms with Gasteiger partial charge in [0.2, 0.25) is 0 Å². The largest absolute Gasteiger partial charge is 0.480 e. The van der Waals surface area contributed by atoms with Gasteiger partial charge in [-0.2, -0.15) is 0 Å². The van der Waals surface area contributed by atoms with Crippen LogP contribution >= 0.6 is 0 Å². The van der Waals surface area contributed by atoms with Gasteiger partial charge in [0, 0.05) is 12.6 Å². The van der Waals surface area contributed by atoms with Gasteiger partial charge in [-0.3, -0.25) is 0 Å². The smallest absolute Gasteiger partial charge is 0.328 e. The third-order valence-corrected chi connectivity index (χ3v) is 3.23. The van der Waals surface area contributed by atoms with E-state index in [9.17, 15) is 14.7 Å². The molecular weight excluding hydrogens is 260 g/mol. The second-order valence-electron chi connectivity index (χ2n) is 5.52. The van der Waals surface area contributed by atoms with E-state index in [0.29, 0.717) is 6.54 Å². The molecule has 2 atom stereocenters. The van der Waals surface area contributed by atoms with Gasteiger partial charge in [-0.1, -0.05) is 27.7 Å². The monoisotopic (exact) mass is 288 g/mol. The molecule has 0 bridgehead atoms. The number of carbonyl (C=O) groups is 2. The van der Waals surface area contributed by atoms with E-state index >= 15 is 0 Å². The average Bonchev–Trinajstić information content (AvgIpc) is 2.34. The second-order valence-corrected chi connectivity index (χ2v) is 5.52. The highest BCUT2D eigenvalue weighted by Crippen LogP contribution is 2.12. The van der Waals surface area contributed by atoms with Crippen LogP contribution in [0, 0.1) is 5.92 Å². The number of urea groups is 1. The molecule has 0 unspecified atom stereocenters. The third-order valence-electron chi connectivity index (χ3n) is 3.23. The molecule has 6 nitrogen and oxygen atoms in total. The molecule has 118 valence electrons. The van der Waals surface area contributed by atoms with Crippen molar-refractivity contribution in [3.63, 3.8) is 0 Å². The first-order chi connectivity index (χ1) is 9.24. The van der Waals surface area contributed by atoms with E-state index < -0.39 is 24.1 Å². The van der Waals surface area contributed by atoms with Gasteiger partial charge < -0.3 is 20.4 Å². The van der Waals surface area contributed by atoms with Crippen LogP contribution in [0.4, 0.5) is 4.79 Å². The lowest BCUT2D eigenvalue weighted by Crippen LogP contribution is -2.55. The summed E-state index contributed by atoms with van der Waals surface area (Å²) in [5, 5.41) is 20.9. The lowest BCUT2D eigenvalue weighted by molar-refractivity contribution is -0.141. The molecule has 0 aliphatic rings. The highest BCUT2D eigenvalue weighted by Gasteiger charge is 2.29. The van der Waals surface area contributed by atoms with E-state index in [4.69, 9.17) is 5.11 Å². The molecule has 0 aliphatic carbocycles. The van der Waals surface area contributed by atoms with Crippen LogP contribution < -0.4 is 5.32 Å². The van der Waals surface area contributed by atoms with Gasteiger partial charge in [0.15, 0.2) is 6.04 Å². The van der Waals surface area contributed by atoms with Gasteiger partial charge in [0.1, 0.15) is 0 Å². The average molecular weight is 288 g/mol. The summed E-state index contributed by atoms with van der Waals surface area (Å²) in [6.45, 7) is 9.92. The predicted molar refractivity (Wildman–Crippen MR) is 77.6 cm³/mol. The number of aliphatic hydroxyl groups is 1. The van der Waals surface area contributed by atoms with Crippen molar-refractivity contribution in [2.45, 2.75) is 65.6 Å². The zero-order valence-electron chi connectivity index (χ0n) is 13.1. The number of hydrogen-bond acceptors (Lipinski definition) is 3. The molecule has 0 saturated carbocycles. The van der Waals surface area contributed by atoms with Gasteiger partial charge in [-0.25, -0.2) is 9.59 Å². The van der Waals surface area contributed by atoms with Crippen LogP contribution in [0.3, 0.4) is 0 Å². The molecule has 0 aromatic rings.